The molecule has 1 aromatic heterocycles. The lowest BCUT2D eigenvalue weighted by Crippen LogP contribution is -2.39. The van der Waals surface area contributed by atoms with Crippen LogP contribution in [0.3, 0.4) is 0 Å². The number of hydrogen-bond acceptors (Lipinski definition) is 8. The van der Waals surface area contributed by atoms with Gasteiger partial charge in [0.1, 0.15) is 18.1 Å². The van der Waals surface area contributed by atoms with Crippen molar-refractivity contribution in [2.75, 3.05) is 23.7 Å². The molecule has 0 radical (unpaired) electrons. The van der Waals surface area contributed by atoms with Gasteiger partial charge in [0, 0.05) is 30.0 Å². The molecule has 1 unspecified atom stereocenters. The molecule has 0 bridgehead atoms. The Bertz CT molecular complexity index is 2250. The number of carbonyl (C=O) groups excluding carboxylic acids is 1. The number of carbonyl (C=O) groups is 1. The molecule has 5 aromatic rings. The van der Waals surface area contributed by atoms with Gasteiger partial charge in [-0.05, 0) is 80.1 Å². The summed E-state index contributed by atoms with van der Waals surface area (Å²) in [6.45, 7) is 6.55. The van der Waals surface area contributed by atoms with Gasteiger partial charge < -0.3 is 20.3 Å². The van der Waals surface area contributed by atoms with Crippen molar-refractivity contribution in [3.8, 4) is 6.07 Å². The van der Waals surface area contributed by atoms with Crippen LogP contribution in [-0.2, 0) is 11.3 Å². The molecule has 2 heterocycles. The predicted octanol–water partition coefficient (Wildman–Crippen LogP) is 10.9. The Morgan fingerprint density at radius 2 is 1.74 bits per heavy atom. The SMILES string of the molecule is C=Nc1c(Cl)cc(NC(c2ccc(Cl)c(Cl)c2)c2cn(C3CCN(C(=O)OCc4ccccc4)CC3)nn2)cc1/C(Nc1ccc(F)c(Cl)c1)=C(\C)C#N. The largest absolute Gasteiger partial charge is 0.445 e. The van der Waals surface area contributed by atoms with E-state index >= 15 is 0 Å². The van der Waals surface area contributed by atoms with Gasteiger partial charge in [-0.2, -0.15) is 5.26 Å². The lowest BCUT2D eigenvalue weighted by molar-refractivity contribution is 0.0820. The fourth-order valence-electron chi connectivity index (χ4n) is 6.08. The van der Waals surface area contributed by atoms with Crippen molar-refractivity contribution in [2.24, 2.45) is 4.99 Å². The summed E-state index contributed by atoms with van der Waals surface area (Å²) in [7, 11) is 0. The molecule has 6 rings (SSSR count). The molecular formula is C39H33Cl4FN8O2. The number of hydrogen-bond donors (Lipinski definition) is 2. The van der Waals surface area contributed by atoms with E-state index in [1.54, 1.807) is 36.1 Å². The Kier molecular flexibility index (Phi) is 12.4. The van der Waals surface area contributed by atoms with Gasteiger partial charge in [-0.1, -0.05) is 88.0 Å². The average Bonchev–Trinajstić information content (AvgIpc) is 3.67. The highest BCUT2D eigenvalue weighted by molar-refractivity contribution is 6.42. The molecule has 0 aliphatic carbocycles. The Labute approximate surface area is 331 Å². The minimum absolute atomic E-state index is 0.00873. The molecule has 54 heavy (non-hydrogen) atoms. The third kappa shape index (κ3) is 8.97. The van der Waals surface area contributed by atoms with Crippen molar-refractivity contribution in [1.29, 1.82) is 5.26 Å². The Balaban J connectivity index is 1.27. The third-order valence-electron chi connectivity index (χ3n) is 8.94. The van der Waals surface area contributed by atoms with Crippen LogP contribution < -0.4 is 10.6 Å². The first-order chi connectivity index (χ1) is 26.0. The maximum atomic E-state index is 14.0. The van der Waals surface area contributed by atoms with E-state index < -0.39 is 11.9 Å². The van der Waals surface area contributed by atoms with Crippen molar-refractivity contribution in [1.82, 2.24) is 19.9 Å². The normalized spacial score (nSPS) is 14.1. The van der Waals surface area contributed by atoms with Crippen LogP contribution in [0.1, 0.15) is 54.2 Å². The number of nitrogens with one attached hydrogen (secondary N) is 2. The molecule has 1 fully saturated rings. The van der Waals surface area contributed by atoms with Gasteiger partial charge in [0.05, 0.1) is 61.4 Å². The van der Waals surface area contributed by atoms with Gasteiger partial charge in [0.25, 0.3) is 0 Å². The van der Waals surface area contributed by atoms with Gasteiger partial charge in [0.2, 0.25) is 0 Å². The monoisotopic (exact) mass is 804 g/mol. The van der Waals surface area contributed by atoms with Crippen LogP contribution in [0.5, 0.6) is 0 Å². The van der Waals surface area contributed by atoms with Crippen LogP contribution in [0.2, 0.25) is 20.1 Å². The molecule has 0 spiro atoms. The highest BCUT2D eigenvalue weighted by Gasteiger charge is 2.28. The topological polar surface area (TPSA) is 120 Å². The number of nitrogens with zero attached hydrogens (tertiary/aromatic N) is 6. The summed E-state index contributed by atoms with van der Waals surface area (Å²) in [6, 6.07) is 24.0. The van der Waals surface area contributed by atoms with Gasteiger partial charge >= 0.3 is 6.09 Å². The molecule has 0 saturated carbocycles. The number of aromatic nitrogens is 3. The molecule has 276 valence electrons. The maximum Gasteiger partial charge on any atom is 0.410 e. The number of halogens is 5. The standard InChI is InChI=1S/C39H33Cl4FN8O2/c1-23(20-45)36(47-26-9-11-34(44)32(42)18-26)29-17-27(19-33(43)38(29)46-2)48-37(25-8-10-30(40)31(41)16-25)35-21-52(50-49-35)28-12-14-51(15-13-28)39(53)54-22-24-6-4-3-5-7-24/h3-11,16-19,21,28,37,47-48H,2,12-15,22H2,1H3/b36-23-. The maximum absolute atomic E-state index is 14.0. The second-order valence-corrected chi connectivity index (χ2v) is 14.1. The molecule has 1 aliphatic heterocycles. The summed E-state index contributed by atoms with van der Waals surface area (Å²) in [5.74, 6) is -0.581. The van der Waals surface area contributed by atoms with E-state index in [9.17, 15) is 14.4 Å². The molecule has 15 heteroatoms. The van der Waals surface area contributed by atoms with Crippen molar-refractivity contribution in [3.05, 3.63) is 139 Å². The molecule has 2 N–H and O–H groups in total. The fourth-order valence-corrected chi connectivity index (χ4v) is 6.85. The van der Waals surface area contributed by atoms with Crippen LogP contribution >= 0.6 is 46.4 Å². The number of ether oxygens (including phenoxy) is 1. The number of allylic oxidation sites excluding steroid dienone is 1. The molecule has 4 aromatic carbocycles. The number of piperidine rings is 1. The number of anilines is 2. The molecule has 1 atom stereocenters. The van der Waals surface area contributed by atoms with Crippen molar-refractivity contribution in [3.63, 3.8) is 0 Å². The summed E-state index contributed by atoms with van der Waals surface area (Å²) in [5.41, 5.74) is 4.64. The van der Waals surface area contributed by atoms with Crippen molar-refractivity contribution < 1.29 is 13.9 Å². The highest BCUT2D eigenvalue weighted by Crippen LogP contribution is 2.40. The zero-order valence-corrected chi connectivity index (χ0v) is 31.9. The second-order valence-electron chi connectivity index (χ2n) is 12.5. The first-order valence-electron chi connectivity index (χ1n) is 16.8. The van der Waals surface area contributed by atoms with Crippen LogP contribution in [0.4, 0.5) is 26.2 Å². The Hall–Kier alpha value is -5.12. The van der Waals surface area contributed by atoms with Crippen molar-refractivity contribution >= 4 is 82.0 Å². The Morgan fingerprint density at radius 1 is 1.00 bits per heavy atom. The first-order valence-corrected chi connectivity index (χ1v) is 18.3. The van der Waals surface area contributed by atoms with E-state index in [-0.39, 0.29) is 28.8 Å². The summed E-state index contributed by atoms with van der Waals surface area (Å²) in [6.07, 6.45) is 2.82. The quantitative estimate of drug-likeness (QED) is 0.101. The number of nitriles is 1. The minimum atomic E-state index is -0.596. The number of likely N-dealkylation sites (tertiary alicyclic amines) is 1. The minimum Gasteiger partial charge on any atom is -0.445 e. The average molecular weight is 807 g/mol. The zero-order chi connectivity index (χ0) is 38.4. The van der Waals surface area contributed by atoms with Gasteiger partial charge in [-0.15, -0.1) is 5.10 Å². The Morgan fingerprint density at radius 3 is 2.43 bits per heavy atom. The predicted molar refractivity (Wildman–Crippen MR) is 212 cm³/mol. The van der Waals surface area contributed by atoms with Crippen LogP contribution in [0, 0.1) is 17.1 Å². The third-order valence-corrected chi connectivity index (χ3v) is 10.3. The smallest absolute Gasteiger partial charge is 0.410 e. The summed E-state index contributed by atoms with van der Waals surface area (Å²) < 4.78 is 21.3. The van der Waals surface area contributed by atoms with Crippen LogP contribution in [-0.4, -0.2) is 45.8 Å². The lowest BCUT2D eigenvalue weighted by Gasteiger charge is -2.31. The van der Waals surface area contributed by atoms with Gasteiger partial charge in [0.15, 0.2) is 0 Å². The van der Waals surface area contributed by atoms with E-state index in [0.717, 1.165) is 11.1 Å². The van der Waals surface area contributed by atoms with Gasteiger partial charge in [-0.3, -0.25) is 4.99 Å². The molecule has 1 amide bonds. The summed E-state index contributed by atoms with van der Waals surface area (Å²) in [5, 5.41) is 26.6. The molecule has 1 aliphatic rings. The zero-order valence-electron chi connectivity index (χ0n) is 28.9. The fraction of sp³-hybridized carbons (Fsp3) is 0.205. The molecule has 1 saturated heterocycles. The number of benzene rings is 4. The van der Waals surface area contributed by atoms with E-state index in [4.69, 9.17) is 51.1 Å². The second kappa shape index (κ2) is 17.3. The highest BCUT2D eigenvalue weighted by atomic mass is 35.5. The molecular weight excluding hydrogens is 773 g/mol. The van der Waals surface area contributed by atoms with Crippen molar-refractivity contribution in [2.45, 2.75) is 38.5 Å². The van der Waals surface area contributed by atoms with Crippen LogP contribution in [0.25, 0.3) is 5.70 Å². The summed E-state index contributed by atoms with van der Waals surface area (Å²) >= 11 is 25.6. The molecule has 10 nitrogen and oxygen atoms in total. The summed E-state index contributed by atoms with van der Waals surface area (Å²) in [4.78, 5) is 18.6. The number of aliphatic imine (C=N–C) groups is 1. The van der Waals surface area contributed by atoms with E-state index in [2.05, 4.69) is 38.7 Å². The van der Waals surface area contributed by atoms with E-state index in [1.807, 2.05) is 47.3 Å². The first kappa shape index (κ1) is 38.6. The van der Waals surface area contributed by atoms with E-state index in [0.29, 0.717) is 75.6 Å². The number of amides is 1. The lowest BCUT2D eigenvalue weighted by atomic mass is 10.0. The van der Waals surface area contributed by atoms with E-state index in [1.165, 1.54) is 18.2 Å². The van der Waals surface area contributed by atoms with Gasteiger partial charge in [-0.25, -0.2) is 13.9 Å². The van der Waals surface area contributed by atoms with Crippen LogP contribution in [0.15, 0.2) is 95.6 Å². The number of rotatable bonds is 11.